The standard InChI is InChI=1S/C12H15ClN2S/c1-12(15,9-14)6-7-16-8-10-4-2-3-5-11(10)13/h2-5H,6-8,15H2,1H3. The second kappa shape index (κ2) is 6.15. The fourth-order valence-corrected chi connectivity index (χ4v) is 2.60. The summed E-state index contributed by atoms with van der Waals surface area (Å²) >= 11 is 7.78. The van der Waals surface area contributed by atoms with E-state index in [2.05, 4.69) is 6.07 Å². The zero-order valence-corrected chi connectivity index (χ0v) is 10.8. The van der Waals surface area contributed by atoms with Gasteiger partial charge < -0.3 is 5.73 Å². The molecule has 1 aromatic carbocycles. The van der Waals surface area contributed by atoms with E-state index < -0.39 is 5.54 Å². The van der Waals surface area contributed by atoms with Crippen LogP contribution >= 0.6 is 23.4 Å². The minimum atomic E-state index is -0.715. The Hall–Kier alpha value is -0.690. The molecule has 0 saturated heterocycles. The Morgan fingerprint density at radius 1 is 1.50 bits per heavy atom. The Kier molecular flexibility index (Phi) is 5.14. The molecule has 0 aromatic heterocycles. The second-order valence-corrected chi connectivity index (χ2v) is 5.44. The fourth-order valence-electron chi connectivity index (χ4n) is 1.14. The molecule has 1 rings (SSSR count). The van der Waals surface area contributed by atoms with E-state index in [1.54, 1.807) is 18.7 Å². The monoisotopic (exact) mass is 254 g/mol. The molecule has 0 radical (unpaired) electrons. The number of hydrogen-bond acceptors (Lipinski definition) is 3. The Morgan fingerprint density at radius 2 is 2.19 bits per heavy atom. The van der Waals surface area contributed by atoms with E-state index in [1.807, 2.05) is 24.3 Å². The maximum Gasteiger partial charge on any atom is 0.102 e. The molecule has 0 aliphatic carbocycles. The molecule has 4 heteroatoms. The van der Waals surface area contributed by atoms with Crippen LogP contribution in [-0.4, -0.2) is 11.3 Å². The highest BCUT2D eigenvalue weighted by Gasteiger charge is 2.16. The summed E-state index contributed by atoms with van der Waals surface area (Å²) in [5, 5.41) is 9.55. The van der Waals surface area contributed by atoms with E-state index in [0.717, 1.165) is 22.1 Å². The van der Waals surface area contributed by atoms with Crippen LogP contribution in [0.2, 0.25) is 5.02 Å². The van der Waals surface area contributed by atoms with Crippen molar-refractivity contribution < 1.29 is 0 Å². The van der Waals surface area contributed by atoms with Crippen molar-refractivity contribution in [2.45, 2.75) is 24.6 Å². The maximum absolute atomic E-state index is 8.75. The van der Waals surface area contributed by atoms with Crippen LogP contribution in [0, 0.1) is 11.3 Å². The molecular weight excluding hydrogens is 240 g/mol. The molecular formula is C12H15ClN2S. The largest absolute Gasteiger partial charge is 0.314 e. The van der Waals surface area contributed by atoms with Gasteiger partial charge in [0, 0.05) is 10.8 Å². The lowest BCUT2D eigenvalue weighted by Gasteiger charge is -2.14. The summed E-state index contributed by atoms with van der Waals surface area (Å²) in [5.74, 6) is 1.73. The molecule has 16 heavy (non-hydrogen) atoms. The quantitative estimate of drug-likeness (QED) is 0.821. The summed E-state index contributed by atoms with van der Waals surface area (Å²) in [4.78, 5) is 0. The van der Waals surface area contributed by atoms with Gasteiger partial charge in [0.2, 0.25) is 0 Å². The molecule has 2 N–H and O–H groups in total. The average molecular weight is 255 g/mol. The number of nitrogens with two attached hydrogens (primary N) is 1. The highest BCUT2D eigenvalue weighted by atomic mass is 35.5. The van der Waals surface area contributed by atoms with Gasteiger partial charge in [0.15, 0.2) is 0 Å². The predicted octanol–water partition coefficient (Wildman–Crippen LogP) is 3.20. The lowest BCUT2D eigenvalue weighted by molar-refractivity contribution is 0.583. The van der Waals surface area contributed by atoms with Crippen molar-refractivity contribution in [2.75, 3.05) is 5.75 Å². The van der Waals surface area contributed by atoms with Gasteiger partial charge in [-0.05, 0) is 30.7 Å². The van der Waals surface area contributed by atoms with Gasteiger partial charge >= 0.3 is 0 Å². The van der Waals surface area contributed by atoms with Crippen molar-refractivity contribution in [3.8, 4) is 6.07 Å². The van der Waals surface area contributed by atoms with Gasteiger partial charge in [-0.3, -0.25) is 0 Å². The Bertz CT molecular complexity index is 385. The lowest BCUT2D eigenvalue weighted by atomic mass is 10.0. The van der Waals surface area contributed by atoms with Crippen molar-refractivity contribution in [2.24, 2.45) is 5.73 Å². The Morgan fingerprint density at radius 3 is 2.81 bits per heavy atom. The normalized spacial score (nSPS) is 14.1. The van der Waals surface area contributed by atoms with Gasteiger partial charge in [-0.25, -0.2) is 0 Å². The molecule has 86 valence electrons. The molecule has 2 nitrogen and oxygen atoms in total. The maximum atomic E-state index is 8.75. The minimum Gasteiger partial charge on any atom is -0.314 e. The van der Waals surface area contributed by atoms with Crippen LogP contribution in [0.15, 0.2) is 24.3 Å². The third-order valence-electron chi connectivity index (χ3n) is 2.24. The van der Waals surface area contributed by atoms with Crippen LogP contribution in [0.3, 0.4) is 0 Å². The summed E-state index contributed by atoms with van der Waals surface area (Å²) in [6.45, 7) is 1.75. The van der Waals surface area contributed by atoms with Crippen molar-refractivity contribution in [3.05, 3.63) is 34.9 Å². The Balaban J connectivity index is 2.33. The molecule has 0 spiro atoms. The van der Waals surface area contributed by atoms with Crippen LogP contribution in [-0.2, 0) is 5.75 Å². The zero-order valence-electron chi connectivity index (χ0n) is 9.24. The first kappa shape index (κ1) is 13.4. The molecule has 0 amide bonds. The Labute approximate surface area is 106 Å². The van der Waals surface area contributed by atoms with E-state index >= 15 is 0 Å². The summed E-state index contributed by atoms with van der Waals surface area (Å²) in [6, 6.07) is 9.89. The molecule has 0 aliphatic rings. The third-order valence-corrected chi connectivity index (χ3v) is 3.61. The molecule has 0 bridgehead atoms. The molecule has 1 unspecified atom stereocenters. The zero-order chi connectivity index (χ0) is 12.0. The predicted molar refractivity (Wildman–Crippen MR) is 70.4 cm³/mol. The topological polar surface area (TPSA) is 49.8 Å². The van der Waals surface area contributed by atoms with Gasteiger partial charge in [0.05, 0.1) is 6.07 Å². The first-order valence-electron chi connectivity index (χ1n) is 5.06. The number of nitriles is 1. The van der Waals surface area contributed by atoms with Gasteiger partial charge in [0.25, 0.3) is 0 Å². The van der Waals surface area contributed by atoms with Gasteiger partial charge in [0.1, 0.15) is 5.54 Å². The van der Waals surface area contributed by atoms with Gasteiger partial charge in [-0.15, -0.1) is 0 Å². The van der Waals surface area contributed by atoms with E-state index in [1.165, 1.54) is 0 Å². The van der Waals surface area contributed by atoms with Crippen LogP contribution in [0.5, 0.6) is 0 Å². The van der Waals surface area contributed by atoms with E-state index in [0.29, 0.717) is 6.42 Å². The van der Waals surface area contributed by atoms with E-state index in [4.69, 9.17) is 22.6 Å². The lowest BCUT2D eigenvalue weighted by Crippen LogP contribution is -2.34. The summed E-state index contributed by atoms with van der Waals surface area (Å²) in [6.07, 6.45) is 0.693. The van der Waals surface area contributed by atoms with Crippen molar-refractivity contribution >= 4 is 23.4 Å². The van der Waals surface area contributed by atoms with Crippen LogP contribution < -0.4 is 5.73 Å². The smallest absolute Gasteiger partial charge is 0.102 e. The van der Waals surface area contributed by atoms with Crippen molar-refractivity contribution in [1.29, 1.82) is 5.26 Å². The SMILES string of the molecule is CC(N)(C#N)CCSCc1ccccc1Cl. The fraction of sp³-hybridized carbons (Fsp3) is 0.417. The van der Waals surface area contributed by atoms with Crippen molar-refractivity contribution in [3.63, 3.8) is 0 Å². The number of rotatable bonds is 5. The van der Waals surface area contributed by atoms with E-state index in [-0.39, 0.29) is 0 Å². The van der Waals surface area contributed by atoms with Crippen LogP contribution in [0.1, 0.15) is 18.9 Å². The first-order valence-corrected chi connectivity index (χ1v) is 6.60. The number of nitrogens with zero attached hydrogens (tertiary/aromatic N) is 1. The molecule has 1 aromatic rings. The molecule has 0 fully saturated rings. The highest BCUT2D eigenvalue weighted by Crippen LogP contribution is 2.22. The number of benzene rings is 1. The van der Waals surface area contributed by atoms with Crippen molar-refractivity contribution in [1.82, 2.24) is 0 Å². The minimum absolute atomic E-state index is 0.693. The van der Waals surface area contributed by atoms with Gasteiger partial charge in [-0.1, -0.05) is 29.8 Å². The summed E-state index contributed by atoms with van der Waals surface area (Å²) in [7, 11) is 0. The highest BCUT2D eigenvalue weighted by molar-refractivity contribution is 7.98. The van der Waals surface area contributed by atoms with Gasteiger partial charge in [-0.2, -0.15) is 17.0 Å². The molecule has 0 heterocycles. The summed E-state index contributed by atoms with van der Waals surface area (Å²) in [5.41, 5.74) is 6.14. The van der Waals surface area contributed by atoms with Crippen LogP contribution in [0.25, 0.3) is 0 Å². The molecule has 0 saturated carbocycles. The number of hydrogen-bond donors (Lipinski definition) is 1. The summed E-state index contributed by atoms with van der Waals surface area (Å²) < 4.78 is 0. The molecule has 1 atom stereocenters. The number of thioether (sulfide) groups is 1. The first-order chi connectivity index (χ1) is 7.55. The van der Waals surface area contributed by atoms with E-state index in [9.17, 15) is 0 Å². The number of halogens is 1. The average Bonchev–Trinajstić information content (AvgIpc) is 2.27. The second-order valence-electron chi connectivity index (χ2n) is 3.92. The third kappa shape index (κ3) is 4.44. The molecule has 0 aliphatic heterocycles. The van der Waals surface area contributed by atoms with Crippen LogP contribution in [0.4, 0.5) is 0 Å².